The second kappa shape index (κ2) is 6.75. The Bertz CT molecular complexity index is 354. The van der Waals surface area contributed by atoms with Gasteiger partial charge in [-0.15, -0.1) is 0 Å². The lowest BCUT2D eigenvalue weighted by atomic mass is 9.96. The molecule has 0 bridgehead atoms. The molecule has 18 heavy (non-hydrogen) atoms. The molecule has 0 radical (unpaired) electrons. The molecule has 0 saturated heterocycles. The van der Waals surface area contributed by atoms with E-state index in [0.29, 0.717) is 5.92 Å². The van der Waals surface area contributed by atoms with Crippen molar-refractivity contribution in [2.45, 2.75) is 39.9 Å². The molecule has 0 saturated carbocycles. The highest BCUT2D eigenvalue weighted by atomic mass is 127. The highest BCUT2D eigenvalue weighted by Gasteiger charge is 2.26. The van der Waals surface area contributed by atoms with Gasteiger partial charge in [0.2, 0.25) is 6.29 Å². The first kappa shape index (κ1) is 15.8. The molecule has 0 aliphatic carbocycles. The number of hydrogen-bond acceptors (Lipinski definition) is 2. The molecule has 0 heterocycles. The molecule has 0 aliphatic rings. The zero-order chi connectivity index (χ0) is 13.8. The topological polar surface area (TPSA) is 18.5 Å². The van der Waals surface area contributed by atoms with Crippen molar-refractivity contribution in [2.75, 3.05) is 11.5 Å². The Morgan fingerprint density at radius 1 is 1.17 bits per heavy atom. The van der Waals surface area contributed by atoms with Crippen molar-refractivity contribution in [3.8, 4) is 5.75 Å². The Morgan fingerprint density at radius 2 is 1.72 bits per heavy atom. The summed E-state index contributed by atoms with van der Waals surface area (Å²) in [7, 11) is 1.68. The average molecular weight is 362 g/mol. The fourth-order valence-electron chi connectivity index (χ4n) is 1.67. The lowest BCUT2D eigenvalue weighted by Gasteiger charge is -2.29. The third kappa shape index (κ3) is 4.43. The second-order valence-corrected chi connectivity index (χ2v) is 6.56. The van der Waals surface area contributed by atoms with E-state index in [9.17, 15) is 0 Å². The first-order valence-electron chi connectivity index (χ1n) is 6.24. The van der Waals surface area contributed by atoms with Gasteiger partial charge in [0.25, 0.3) is 0 Å². The zero-order valence-corrected chi connectivity index (χ0v) is 14.0. The first-order chi connectivity index (χ1) is 8.38. The predicted molar refractivity (Wildman–Crippen MR) is 84.6 cm³/mol. The molecule has 2 unspecified atom stereocenters. The molecule has 0 amide bonds. The Hall–Kier alpha value is -0.290. The summed E-state index contributed by atoms with van der Waals surface area (Å²) in [6.07, 6.45) is -0.231. The van der Waals surface area contributed by atoms with Crippen LogP contribution in [0.15, 0.2) is 24.3 Å². The van der Waals surface area contributed by atoms with Gasteiger partial charge in [0, 0.05) is 17.0 Å². The van der Waals surface area contributed by atoms with Crippen molar-refractivity contribution >= 4 is 22.6 Å². The summed E-state index contributed by atoms with van der Waals surface area (Å²) in [5, 5.41) is 0. The summed E-state index contributed by atoms with van der Waals surface area (Å²) in [6.45, 7) is 8.55. The minimum absolute atomic E-state index is 0.0388. The van der Waals surface area contributed by atoms with Gasteiger partial charge in [-0.1, -0.05) is 62.4 Å². The fraction of sp³-hybridized carbons (Fsp3) is 0.600. The Kier molecular flexibility index (Phi) is 5.92. The Morgan fingerprint density at radius 3 is 2.11 bits per heavy atom. The van der Waals surface area contributed by atoms with Gasteiger partial charge in [0.1, 0.15) is 5.75 Å². The van der Waals surface area contributed by atoms with E-state index in [1.807, 2.05) is 12.1 Å². The van der Waals surface area contributed by atoms with E-state index < -0.39 is 0 Å². The van der Waals surface area contributed by atoms with Crippen LogP contribution in [0.1, 0.15) is 39.2 Å². The zero-order valence-electron chi connectivity index (χ0n) is 11.9. The van der Waals surface area contributed by atoms with Crippen LogP contribution in [-0.4, -0.2) is 17.8 Å². The molecule has 0 fully saturated rings. The number of hydrogen-bond donors (Lipinski definition) is 0. The summed E-state index contributed by atoms with van der Waals surface area (Å²) in [6, 6.07) is 8.31. The van der Waals surface area contributed by atoms with Gasteiger partial charge in [-0.05, 0) is 23.6 Å². The summed E-state index contributed by atoms with van der Waals surface area (Å²) in [5.74, 6) is 1.45. The average Bonchev–Trinajstić information content (AvgIpc) is 2.34. The SMILES string of the molecule is COC(Oc1ccc(C(C)CI)cc1)C(C)(C)C. The van der Waals surface area contributed by atoms with Crippen molar-refractivity contribution < 1.29 is 9.47 Å². The van der Waals surface area contributed by atoms with Crippen LogP contribution in [0.25, 0.3) is 0 Å². The maximum absolute atomic E-state index is 5.87. The summed E-state index contributed by atoms with van der Waals surface area (Å²) in [5.41, 5.74) is 1.31. The smallest absolute Gasteiger partial charge is 0.204 e. The highest BCUT2D eigenvalue weighted by Crippen LogP contribution is 2.27. The van der Waals surface area contributed by atoms with Crippen molar-refractivity contribution in [3.63, 3.8) is 0 Å². The second-order valence-electron chi connectivity index (χ2n) is 5.68. The lowest BCUT2D eigenvalue weighted by molar-refractivity contribution is -0.120. The van der Waals surface area contributed by atoms with Crippen molar-refractivity contribution in [2.24, 2.45) is 5.41 Å². The number of benzene rings is 1. The quantitative estimate of drug-likeness (QED) is 0.432. The third-order valence-corrected chi connectivity index (χ3v) is 4.17. The van der Waals surface area contributed by atoms with Crippen LogP contribution in [0.2, 0.25) is 0 Å². The molecule has 0 N–H and O–H groups in total. The molecule has 1 rings (SSSR count). The molecule has 0 aromatic heterocycles. The molecule has 0 aliphatic heterocycles. The van der Waals surface area contributed by atoms with Crippen LogP contribution in [-0.2, 0) is 4.74 Å². The maximum atomic E-state index is 5.87. The number of ether oxygens (including phenoxy) is 2. The predicted octanol–water partition coefficient (Wildman–Crippen LogP) is 4.62. The fourth-order valence-corrected chi connectivity index (χ4v) is 2.17. The van der Waals surface area contributed by atoms with E-state index in [2.05, 4.69) is 62.4 Å². The van der Waals surface area contributed by atoms with Crippen LogP contribution in [0, 0.1) is 5.41 Å². The molecule has 3 heteroatoms. The van der Waals surface area contributed by atoms with Crippen LogP contribution in [0.4, 0.5) is 0 Å². The molecule has 1 aromatic rings. The van der Waals surface area contributed by atoms with Crippen LogP contribution in [0.5, 0.6) is 5.75 Å². The van der Waals surface area contributed by atoms with E-state index in [4.69, 9.17) is 9.47 Å². The molecular formula is C15H23IO2. The van der Waals surface area contributed by atoms with Gasteiger partial charge in [-0.2, -0.15) is 0 Å². The van der Waals surface area contributed by atoms with E-state index in [1.54, 1.807) is 7.11 Å². The van der Waals surface area contributed by atoms with Gasteiger partial charge in [-0.25, -0.2) is 0 Å². The highest BCUT2D eigenvalue weighted by molar-refractivity contribution is 14.1. The van der Waals surface area contributed by atoms with Crippen molar-refractivity contribution in [1.29, 1.82) is 0 Å². The van der Waals surface area contributed by atoms with Crippen molar-refractivity contribution in [1.82, 2.24) is 0 Å². The monoisotopic (exact) mass is 362 g/mol. The molecule has 2 nitrogen and oxygen atoms in total. The first-order valence-corrected chi connectivity index (χ1v) is 7.76. The Balaban J connectivity index is 2.74. The lowest BCUT2D eigenvalue weighted by Crippen LogP contribution is -2.33. The number of rotatable bonds is 5. The molecule has 2 atom stereocenters. The summed E-state index contributed by atoms with van der Waals surface area (Å²) < 4.78 is 12.4. The molecular weight excluding hydrogens is 339 g/mol. The standard InChI is InChI=1S/C15H23IO2/c1-11(10-16)12-6-8-13(9-7-12)18-14(17-5)15(2,3)4/h6-9,11,14H,10H2,1-5H3. The number of methoxy groups -OCH3 is 1. The largest absolute Gasteiger partial charge is 0.464 e. The minimum atomic E-state index is -0.231. The minimum Gasteiger partial charge on any atom is -0.464 e. The molecule has 0 spiro atoms. The van der Waals surface area contributed by atoms with E-state index in [1.165, 1.54) is 5.56 Å². The molecule has 1 aromatic carbocycles. The third-order valence-electron chi connectivity index (χ3n) is 2.84. The summed E-state index contributed by atoms with van der Waals surface area (Å²) in [4.78, 5) is 0. The normalized spacial score (nSPS) is 15.2. The van der Waals surface area contributed by atoms with E-state index in [-0.39, 0.29) is 11.7 Å². The van der Waals surface area contributed by atoms with Crippen LogP contribution in [0.3, 0.4) is 0 Å². The van der Waals surface area contributed by atoms with Crippen LogP contribution >= 0.6 is 22.6 Å². The molecule has 102 valence electrons. The maximum Gasteiger partial charge on any atom is 0.204 e. The van der Waals surface area contributed by atoms with Crippen LogP contribution < -0.4 is 4.74 Å². The number of halogens is 1. The van der Waals surface area contributed by atoms with Gasteiger partial charge >= 0.3 is 0 Å². The number of alkyl halides is 1. The van der Waals surface area contributed by atoms with E-state index in [0.717, 1.165) is 10.2 Å². The van der Waals surface area contributed by atoms with Gasteiger partial charge in [0.15, 0.2) is 0 Å². The van der Waals surface area contributed by atoms with E-state index >= 15 is 0 Å². The summed E-state index contributed by atoms with van der Waals surface area (Å²) >= 11 is 2.41. The van der Waals surface area contributed by atoms with Gasteiger partial charge in [0.05, 0.1) is 0 Å². The van der Waals surface area contributed by atoms with Gasteiger partial charge < -0.3 is 9.47 Å². The Labute approximate surface area is 124 Å². The van der Waals surface area contributed by atoms with Gasteiger partial charge in [-0.3, -0.25) is 0 Å². The van der Waals surface area contributed by atoms with Crippen molar-refractivity contribution in [3.05, 3.63) is 29.8 Å².